The smallest absolute Gasteiger partial charge is 0.277 e. The summed E-state index contributed by atoms with van der Waals surface area (Å²) >= 11 is 2.84. The van der Waals surface area contributed by atoms with Gasteiger partial charge in [0.25, 0.3) is 11.1 Å². The molecule has 0 N–H and O–H groups in total. The van der Waals surface area contributed by atoms with Gasteiger partial charge in [0.2, 0.25) is 5.89 Å². The second kappa shape index (κ2) is 9.76. The highest BCUT2D eigenvalue weighted by Gasteiger charge is 2.35. The van der Waals surface area contributed by atoms with Crippen molar-refractivity contribution in [2.75, 3.05) is 5.75 Å². The molecule has 0 saturated heterocycles. The lowest BCUT2D eigenvalue weighted by Gasteiger charge is -2.19. The fraction of sp³-hybridized carbons (Fsp3) is 0.250. The summed E-state index contributed by atoms with van der Waals surface area (Å²) in [5.41, 5.74) is 2.11. The minimum Gasteiger partial charge on any atom is -0.467 e. The molecule has 5 rings (SSSR count). The van der Waals surface area contributed by atoms with E-state index in [0.717, 1.165) is 16.3 Å². The van der Waals surface area contributed by atoms with Gasteiger partial charge in [0.1, 0.15) is 11.8 Å². The molecule has 0 saturated carbocycles. The molecule has 1 aliphatic heterocycles. The third-order valence-corrected chi connectivity index (χ3v) is 7.18. The Morgan fingerprint density at radius 1 is 1.18 bits per heavy atom. The number of benzene rings is 1. The van der Waals surface area contributed by atoms with Gasteiger partial charge in [0, 0.05) is 12.8 Å². The Hall–Kier alpha value is -3.17. The molecule has 0 aliphatic carbocycles. The number of thioether (sulfide) groups is 1. The molecule has 33 heavy (non-hydrogen) atoms. The molecule has 1 aliphatic rings. The molecular weight excluding hydrogens is 456 g/mol. The van der Waals surface area contributed by atoms with Gasteiger partial charge in [-0.15, -0.1) is 21.5 Å². The maximum Gasteiger partial charge on any atom is 0.277 e. The van der Waals surface area contributed by atoms with Crippen LogP contribution in [0, 0.1) is 0 Å². The number of rotatable bonds is 8. The predicted molar refractivity (Wildman–Crippen MR) is 127 cm³/mol. The number of hydrazone groups is 1. The average molecular weight is 479 g/mol. The molecule has 168 valence electrons. The molecule has 0 bridgehead atoms. The Labute approximate surface area is 199 Å². The maximum atomic E-state index is 13.1. The first-order valence-corrected chi connectivity index (χ1v) is 12.5. The van der Waals surface area contributed by atoms with Gasteiger partial charge in [0.05, 0.1) is 22.6 Å². The number of carbonyl (C=O) groups excluding carboxylic acids is 1. The van der Waals surface area contributed by atoms with Crippen LogP contribution in [0.1, 0.15) is 47.4 Å². The van der Waals surface area contributed by atoms with Gasteiger partial charge in [-0.2, -0.15) is 5.10 Å². The third-order valence-electron chi connectivity index (χ3n) is 5.46. The largest absolute Gasteiger partial charge is 0.467 e. The standard InChI is InChI=1S/C24H22N4O3S2/c1-16(17-7-3-2-4-8-17)13-22-25-26-24(31-22)33-15-23(29)28-19(20-9-5-11-30-20)14-18(27-28)21-10-6-12-32-21/h2-12,16,19H,13-15H2,1H3. The summed E-state index contributed by atoms with van der Waals surface area (Å²) in [5.74, 6) is 1.56. The molecule has 7 nitrogen and oxygen atoms in total. The highest BCUT2D eigenvalue weighted by molar-refractivity contribution is 7.99. The summed E-state index contributed by atoms with van der Waals surface area (Å²) in [5, 5.41) is 16.8. The Kier molecular flexibility index (Phi) is 6.41. The van der Waals surface area contributed by atoms with E-state index >= 15 is 0 Å². The second-order valence-electron chi connectivity index (χ2n) is 7.76. The van der Waals surface area contributed by atoms with Crippen molar-refractivity contribution in [3.05, 3.63) is 88.3 Å². The number of carbonyl (C=O) groups is 1. The third kappa shape index (κ3) is 4.94. The number of hydrogen-bond acceptors (Lipinski definition) is 8. The van der Waals surface area contributed by atoms with E-state index in [4.69, 9.17) is 8.83 Å². The zero-order valence-corrected chi connectivity index (χ0v) is 19.6. The number of thiophene rings is 1. The Morgan fingerprint density at radius 2 is 2.06 bits per heavy atom. The van der Waals surface area contributed by atoms with Crippen LogP contribution in [0.2, 0.25) is 0 Å². The fourth-order valence-electron chi connectivity index (χ4n) is 3.76. The first-order valence-electron chi connectivity index (χ1n) is 10.6. The van der Waals surface area contributed by atoms with Gasteiger partial charge in [-0.1, -0.05) is 55.1 Å². The summed E-state index contributed by atoms with van der Waals surface area (Å²) in [7, 11) is 0. The van der Waals surface area contributed by atoms with Crippen molar-refractivity contribution >= 4 is 34.7 Å². The van der Waals surface area contributed by atoms with Crippen LogP contribution in [0.3, 0.4) is 0 Å². The Morgan fingerprint density at radius 3 is 2.82 bits per heavy atom. The quantitative estimate of drug-likeness (QED) is 0.309. The molecule has 2 atom stereocenters. The van der Waals surface area contributed by atoms with E-state index in [1.165, 1.54) is 22.3 Å². The monoisotopic (exact) mass is 478 g/mol. The Balaban J connectivity index is 1.23. The van der Waals surface area contributed by atoms with Gasteiger partial charge in [-0.05, 0) is 35.1 Å². The minimum atomic E-state index is -0.254. The van der Waals surface area contributed by atoms with E-state index < -0.39 is 0 Å². The topological polar surface area (TPSA) is 84.7 Å². The van der Waals surface area contributed by atoms with Crippen molar-refractivity contribution in [2.45, 2.75) is 36.9 Å². The summed E-state index contributed by atoms with van der Waals surface area (Å²) in [6.45, 7) is 2.13. The van der Waals surface area contributed by atoms with Crippen LogP contribution in [0.4, 0.5) is 0 Å². The average Bonchev–Trinajstić information content (AvgIpc) is 3.63. The van der Waals surface area contributed by atoms with Crippen molar-refractivity contribution in [3.63, 3.8) is 0 Å². The molecule has 0 fully saturated rings. The molecule has 1 amide bonds. The fourth-order valence-corrected chi connectivity index (χ4v) is 5.12. The van der Waals surface area contributed by atoms with Crippen molar-refractivity contribution in [1.29, 1.82) is 0 Å². The highest BCUT2D eigenvalue weighted by atomic mass is 32.2. The molecule has 0 spiro atoms. The molecular formula is C24H22N4O3S2. The van der Waals surface area contributed by atoms with E-state index in [1.807, 2.05) is 47.8 Å². The van der Waals surface area contributed by atoms with Gasteiger partial charge >= 0.3 is 0 Å². The lowest BCUT2D eigenvalue weighted by Crippen LogP contribution is -2.28. The van der Waals surface area contributed by atoms with Crippen molar-refractivity contribution in [3.8, 4) is 0 Å². The summed E-state index contributed by atoms with van der Waals surface area (Å²) in [4.78, 5) is 14.1. The van der Waals surface area contributed by atoms with Crippen molar-refractivity contribution in [1.82, 2.24) is 15.2 Å². The van der Waals surface area contributed by atoms with Crippen LogP contribution in [0.5, 0.6) is 0 Å². The highest BCUT2D eigenvalue weighted by Crippen LogP contribution is 2.35. The van der Waals surface area contributed by atoms with Crippen LogP contribution in [0.25, 0.3) is 0 Å². The number of nitrogens with zero attached hydrogens (tertiary/aromatic N) is 4. The lowest BCUT2D eigenvalue weighted by molar-refractivity contribution is -0.130. The molecule has 4 heterocycles. The van der Waals surface area contributed by atoms with E-state index in [2.05, 4.69) is 34.4 Å². The number of furan rings is 1. The molecule has 0 radical (unpaired) electrons. The molecule has 1 aromatic carbocycles. The van der Waals surface area contributed by atoms with Gasteiger partial charge in [-0.3, -0.25) is 4.79 Å². The van der Waals surface area contributed by atoms with Crippen molar-refractivity contribution < 1.29 is 13.6 Å². The van der Waals surface area contributed by atoms with Gasteiger partial charge < -0.3 is 8.83 Å². The van der Waals surface area contributed by atoms with Gasteiger partial charge in [-0.25, -0.2) is 5.01 Å². The number of aromatic nitrogens is 2. The number of hydrogen-bond donors (Lipinski definition) is 0. The van der Waals surface area contributed by atoms with E-state index in [-0.39, 0.29) is 23.6 Å². The second-order valence-corrected chi connectivity index (χ2v) is 9.64. The maximum absolute atomic E-state index is 13.1. The molecule has 3 aromatic heterocycles. The SMILES string of the molecule is CC(Cc1nnc(SCC(=O)N2N=C(c3cccs3)CC2c2ccco2)o1)c1ccccc1. The molecule has 9 heteroatoms. The zero-order chi connectivity index (χ0) is 22.6. The van der Waals surface area contributed by atoms with E-state index in [9.17, 15) is 4.79 Å². The summed E-state index contributed by atoms with van der Waals surface area (Å²) in [6.07, 6.45) is 2.88. The number of amides is 1. The first kappa shape index (κ1) is 21.7. The van der Waals surface area contributed by atoms with Gasteiger partial charge in [0.15, 0.2) is 0 Å². The van der Waals surface area contributed by atoms with Crippen LogP contribution in [-0.4, -0.2) is 32.6 Å². The zero-order valence-electron chi connectivity index (χ0n) is 18.0. The molecule has 2 unspecified atom stereocenters. The lowest BCUT2D eigenvalue weighted by atomic mass is 9.98. The van der Waals surface area contributed by atoms with Crippen LogP contribution < -0.4 is 0 Å². The van der Waals surface area contributed by atoms with E-state index in [1.54, 1.807) is 17.6 Å². The van der Waals surface area contributed by atoms with E-state index in [0.29, 0.717) is 24.0 Å². The normalized spacial score (nSPS) is 16.7. The van der Waals surface area contributed by atoms with Crippen molar-refractivity contribution in [2.24, 2.45) is 5.10 Å². The minimum absolute atomic E-state index is 0.134. The Bertz CT molecular complexity index is 1220. The molecule has 4 aromatic rings. The van der Waals surface area contributed by atoms with Crippen LogP contribution in [-0.2, 0) is 11.2 Å². The first-order chi connectivity index (χ1) is 16.2. The predicted octanol–water partition coefficient (Wildman–Crippen LogP) is 5.54. The van der Waals surface area contributed by atoms with Crippen LogP contribution in [0.15, 0.2) is 85.4 Å². The summed E-state index contributed by atoms with van der Waals surface area (Å²) < 4.78 is 11.4. The summed E-state index contributed by atoms with van der Waals surface area (Å²) in [6, 6.07) is 17.7. The van der Waals surface area contributed by atoms with Crippen LogP contribution >= 0.6 is 23.1 Å².